The van der Waals surface area contributed by atoms with Crippen molar-refractivity contribution in [3.63, 3.8) is 0 Å². The predicted molar refractivity (Wildman–Crippen MR) is 51.5 cm³/mol. The van der Waals surface area contributed by atoms with E-state index in [1.165, 1.54) is 12.2 Å². The van der Waals surface area contributed by atoms with Gasteiger partial charge in [-0.05, 0) is 12.1 Å². The van der Waals surface area contributed by atoms with Crippen molar-refractivity contribution in [2.75, 3.05) is 0 Å². The van der Waals surface area contributed by atoms with Gasteiger partial charge in [0.1, 0.15) is 17.9 Å². The Bertz CT molecular complexity index is 411. The first-order valence-corrected chi connectivity index (χ1v) is 4.23. The summed E-state index contributed by atoms with van der Waals surface area (Å²) in [6.07, 6.45) is 3.73. The molecule has 0 amide bonds. The van der Waals surface area contributed by atoms with E-state index in [4.69, 9.17) is 0 Å². The second-order valence-corrected chi connectivity index (χ2v) is 2.82. The molecule has 1 aromatic rings. The minimum absolute atomic E-state index is 0.0138. The normalized spacial score (nSPS) is 10.5. The molecule has 0 N–H and O–H groups in total. The highest BCUT2D eigenvalue weighted by Gasteiger charge is 2.06. The first-order chi connectivity index (χ1) is 7.19. The van der Waals surface area contributed by atoms with Gasteiger partial charge in [-0.15, -0.1) is 0 Å². The predicted octanol–water partition coefficient (Wildman–Crippen LogP) is 2.38. The molecule has 0 radical (unpaired) electrons. The van der Waals surface area contributed by atoms with Crippen LogP contribution in [0.2, 0.25) is 0 Å². The van der Waals surface area contributed by atoms with Crippen LogP contribution in [0.15, 0.2) is 18.2 Å². The topological polar surface area (TPSA) is 34.1 Å². The maximum absolute atomic E-state index is 13.2. The molecule has 0 aliphatic heterocycles. The van der Waals surface area contributed by atoms with Gasteiger partial charge in [0.15, 0.2) is 6.29 Å². The zero-order valence-corrected chi connectivity index (χ0v) is 7.74. The summed E-state index contributed by atoms with van der Waals surface area (Å²) in [4.78, 5) is 20.3. The van der Waals surface area contributed by atoms with Crippen molar-refractivity contribution in [2.24, 2.45) is 0 Å². The summed E-state index contributed by atoms with van der Waals surface area (Å²) in [6.45, 7) is 0. The third-order valence-corrected chi connectivity index (χ3v) is 1.77. The van der Waals surface area contributed by atoms with Crippen molar-refractivity contribution in [1.82, 2.24) is 0 Å². The average Bonchev–Trinajstić information content (AvgIpc) is 2.23. The van der Waals surface area contributed by atoms with Gasteiger partial charge >= 0.3 is 0 Å². The Kier molecular flexibility index (Phi) is 3.85. The van der Waals surface area contributed by atoms with Crippen molar-refractivity contribution < 1.29 is 18.4 Å². The second-order valence-electron chi connectivity index (χ2n) is 2.82. The molecule has 0 aliphatic rings. The lowest BCUT2D eigenvalue weighted by molar-refractivity contribution is -0.107. The average molecular weight is 210 g/mol. The van der Waals surface area contributed by atoms with Crippen LogP contribution in [0.1, 0.15) is 22.3 Å². The van der Waals surface area contributed by atoms with Gasteiger partial charge in [0.25, 0.3) is 0 Å². The Morgan fingerprint density at radius 3 is 2.27 bits per heavy atom. The SMILES string of the molecule is O=CCC=Cc1cc(F)c(C=O)cc1F. The van der Waals surface area contributed by atoms with Crippen LogP contribution in [0.4, 0.5) is 8.78 Å². The maximum Gasteiger partial charge on any atom is 0.153 e. The van der Waals surface area contributed by atoms with E-state index >= 15 is 0 Å². The monoisotopic (exact) mass is 210 g/mol. The zero-order chi connectivity index (χ0) is 11.3. The van der Waals surface area contributed by atoms with Gasteiger partial charge in [-0.1, -0.05) is 12.2 Å². The second kappa shape index (κ2) is 5.14. The van der Waals surface area contributed by atoms with Crippen LogP contribution in [0.5, 0.6) is 0 Å². The van der Waals surface area contributed by atoms with Crippen LogP contribution in [0, 0.1) is 11.6 Å². The molecular weight excluding hydrogens is 202 g/mol. The highest BCUT2D eigenvalue weighted by Crippen LogP contribution is 2.15. The lowest BCUT2D eigenvalue weighted by atomic mass is 10.1. The van der Waals surface area contributed by atoms with Gasteiger partial charge in [-0.3, -0.25) is 4.79 Å². The number of hydrogen-bond donors (Lipinski definition) is 0. The summed E-state index contributed by atoms with van der Waals surface area (Å²) in [5, 5.41) is 0. The van der Waals surface area contributed by atoms with E-state index in [2.05, 4.69) is 0 Å². The van der Waals surface area contributed by atoms with E-state index in [9.17, 15) is 18.4 Å². The van der Waals surface area contributed by atoms with Gasteiger partial charge < -0.3 is 4.79 Å². The summed E-state index contributed by atoms with van der Waals surface area (Å²) < 4.78 is 26.2. The van der Waals surface area contributed by atoms with Crippen molar-refractivity contribution in [1.29, 1.82) is 0 Å². The summed E-state index contributed by atoms with van der Waals surface area (Å²) in [5.74, 6) is -1.47. The molecule has 0 heterocycles. The van der Waals surface area contributed by atoms with E-state index in [0.29, 0.717) is 6.29 Å². The molecule has 0 aromatic heterocycles. The Balaban J connectivity index is 3.04. The molecule has 0 saturated heterocycles. The number of aldehydes is 2. The molecule has 2 nitrogen and oxygen atoms in total. The molecule has 0 unspecified atom stereocenters. The molecule has 15 heavy (non-hydrogen) atoms. The first-order valence-electron chi connectivity index (χ1n) is 4.23. The zero-order valence-electron chi connectivity index (χ0n) is 7.74. The third kappa shape index (κ3) is 2.80. The van der Waals surface area contributed by atoms with Crippen LogP contribution in [-0.2, 0) is 4.79 Å². The fraction of sp³-hybridized carbons (Fsp3) is 0.0909. The largest absolute Gasteiger partial charge is 0.303 e. The van der Waals surface area contributed by atoms with E-state index < -0.39 is 11.6 Å². The molecule has 78 valence electrons. The first kappa shape index (κ1) is 11.2. The quantitative estimate of drug-likeness (QED) is 0.715. The van der Waals surface area contributed by atoms with Crippen LogP contribution in [-0.4, -0.2) is 12.6 Å². The maximum atomic E-state index is 13.2. The molecule has 0 spiro atoms. The summed E-state index contributed by atoms with van der Waals surface area (Å²) >= 11 is 0. The van der Waals surface area contributed by atoms with Crippen molar-refractivity contribution in [3.05, 3.63) is 41.0 Å². The minimum atomic E-state index is -0.780. The number of halogens is 2. The molecule has 4 heteroatoms. The van der Waals surface area contributed by atoms with Crippen LogP contribution >= 0.6 is 0 Å². The minimum Gasteiger partial charge on any atom is -0.303 e. The molecule has 0 saturated carbocycles. The Morgan fingerprint density at radius 1 is 1.07 bits per heavy atom. The number of carbonyl (C=O) groups excluding carboxylic acids is 2. The van der Waals surface area contributed by atoms with Crippen molar-refractivity contribution in [2.45, 2.75) is 6.42 Å². The fourth-order valence-electron chi connectivity index (χ4n) is 1.05. The molecular formula is C11H8F2O2. The molecule has 0 aliphatic carbocycles. The number of carbonyl (C=O) groups is 2. The Labute approximate surface area is 85.2 Å². The third-order valence-electron chi connectivity index (χ3n) is 1.77. The Hall–Kier alpha value is -1.84. The van der Waals surface area contributed by atoms with E-state index in [1.54, 1.807) is 0 Å². The van der Waals surface area contributed by atoms with Gasteiger partial charge in [0.05, 0.1) is 5.56 Å². The summed E-state index contributed by atoms with van der Waals surface area (Å²) in [5.41, 5.74) is -0.306. The van der Waals surface area contributed by atoms with Crippen LogP contribution < -0.4 is 0 Å². The van der Waals surface area contributed by atoms with E-state index in [-0.39, 0.29) is 23.8 Å². The van der Waals surface area contributed by atoms with Crippen LogP contribution in [0.25, 0.3) is 6.08 Å². The highest BCUT2D eigenvalue weighted by molar-refractivity contribution is 5.76. The molecule has 1 rings (SSSR count). The Morgan fingerprint density at radius 2 is 1.67 bits per heavy atom. The van der Waals surface area contributed by atoms with Crippen LogP contribution in [0.3, 0.4) is 0 Å². The van der Waals surface area contributed by atoms with E-state index in [1.807, 2.05) is 0 Å². The van der Waals surface area contributed by atoms with Gasteiger partial charge in [0, 0.05) is 12.0 Å². The number of benzene rings is 1. The lowest BCUT2D eigenvalue weighted by Crippen LogP contribution is -1.92. The smallest absolute Gasteiger partial charge is 0.153 e. The molecule has 0 atom stereocenters. The van der Waals surface area contributed by atoms with Crippen molar-refractivity contribution in [3.8, 4) is 0 Å². The van der Waals surface area contributed by atoms with Gasteiger partial charge in [-0.2, -0.15) is 0 Å². The molecule has 0 bridgehead atoms. The number of hydrogen-bond acceptors (Lipinski definition) is 2. The lowest BCUT2D eigenvalue weighted by Gasteiger charge is -1.99. The standard InChI is InChI=1S/C11H8F2O2/c12-10-6-9(7-15)11(13)5-8(10)3-1-2-4-14/h1,3-7H,2H2. The molecule has 1 aromatic carbocycles. The van der Waals surface area contributed by atoms with Crippen molar-refractivity contribution >= 4 is 18.6 Å². The summed E-state index contributed by atoms with van der Waals surface area (Å²) in [6, 6.07) is 1.74. The van der Waals surface area contributed by atoms with E-state index in [0.717, 1.165) is 12.1 Å². The molecule has 0 fully saturated rings. The summed E-state index contributed by atoms with van der Waals surface area (Å²) in [7, 11) is 0. The number of allylic oxidation sites excluding steroid dienone is 1. The fourth-order valence-corrected chi connectivity index (χ4v) is 1.05. The highest BCUT2D eigenvalue weighted by atomic mass is 19.1. The number of rotatable bonds is 4. The van der Waals surface area contributed by atoms with Gasteiger partial charge in [-0.25, -0.2) is 8.78 Å². The van der Waals surface area contributed by atoms with Gasteiger partial charge in [0.2, 0.25) is 0 Å².